The van der Waals surface area contributed by atoms with Crippen molar-refractivity contribution in [3.8, 4) is 0 Å². The SMILES string of the molecule is CC(C)(C)N(c1ccccc1)c1cccc2oc3ccccc3c12. The third-order valence-electron chi connectivity index (χ3n) is 4.31. The molecule has 0 saturated heterocycles. The molecule has 0 unspecified atom stereocenters. The van der Waals surface area contributed by atoms with Crippen molar-refractivity contribution in [2.75, 3.05) is 4.90 Å². The molecule has 120 valence electrons. The van der Waals surface area contributed by atoms with Crippen LogP contribution in [0.5, 0.6) is 0 Å². The number of hydrogen-bond donors (Lipinski definition) is 0. The van der Waals surface area contributed by atoms with E-state index in [0.29, 0.717) is 0 Å². The fourth-order valence-corrected chi connectivity index (χ4v) is 3.41. The molecule has 1 aromatic heterocycles. The van der Waals surface area contributed by atoms with E-state index < -0.39 is 0 Å². The first-order chi connectivity index (χ1) is 11.6. The number of benzene rings is 3. The monoisotopic (exact) mass is 315 g/mol. The van der Waals surface area contributed by atoms with Crippen molar-refractivity contribution in [1.29, 1.82) is 0 Å². The van der Waals surface area contributed by atoms with Crippen LogP contribution in [-0.4, -0.2) is 5.54 Å². The summed E-state index contributed by atoms with van der Waals surface area (Å²) < 4.78 is 6.07. The van der Waals surface area contributed by atoms with Crippen LogP contribution in [0, 0.1) is 0 Å². The topological polar surface area (TPSA) is 16.4 Å². The molecule has 0 aliphatic rings. The van der Waals surface area contributed by atoms with Crippen LogP contribution in [-0.2, 0) is 0 Å². The Hall–Kier alpha value is -2.74. The van der Waals surface area contributed by atoms with Crippen LogP contribution in [0.1, 0.15) is 20.8 Å². The number of hydrogen-bond acceptors (Lipinski definition) is 2. The lowest BCUT2D eigenvalue weighted by Crippen LogP contribution is -2.37. The minimum atomic E-state index is -0.0615. The second-order valence-corrected chi connectivity index (χ2v) is 7.09. The lowest BCUT2D eigenvalue weighted by atomic mass is 10.0. The normalized spacial score (nSPS) is 12.0. The summed E-state index contributed by atoms with van der Waals surface area (Å²) in [6.45, 7) is 6.71. The fraction of sp³-hybridized carbons (Fsp3) is 0.182. The smallest absolute Gasteiger partial charge is 0.137 e. The molecule has 0 spiro atoms. The van der Waals surface area contributed by atoms with Gasteiger partial charge in [-0.2, -0.15) is 0 Å². The zero-order chi connectivity index (χ0) is 16.7. The molecule has 0 fully saturated rings. The summed E-state index contributed by atoms with van der Waals surface area (Å²) in [5.41, 5.74) is 4.16. The highest BCUT2D eigenvalue weighted by atomic mass is 16.3. The number of para-hydroxylation sites is 2. The third kappa shape index (κ3) is 2.35. The first-order valence-corrected chi connectivity index (χ1v) is 8.31. The average Bonchev–Trinajstić information content (AvgIpc) is 2.94. The molecule has 0 atom stereocenters. The van der Waals surface area contributed by atoms with Crippen LogP contribution < -0.4 is 4.90 Å². The summed E-state index contributed by atoms with van der Waals surface area (Å²) in [4.78, 5) is 2.39. The van der Waals surface area contributed by atoms with Crippen molar-refractivity contribution in [3.05, 3.63) is 72.8 Å². The van der Waals surface area contributed by atoms with Gasteiger partial charge in [-0.25, -0.2) is 0 Å². The molecule has 2 nitrogen and oxygen atoms in total. The summed E-state index contributed by atoms with van der Waals surface area (Å²) in [5, 5.41) is 2.33. The molecule has 4 aromatic rings. The highest BCUT2D eigenvalue weighted by Crippen LogP contribution is 2.41. The van der Waals surface area contributed by atoms with E-state index in [1.54, 1.807) is 0 Å². The van der Waals surface area contributed by atoms with Crippen LogP contribution >= 0.6 is 0 Å². The summed E-state index contributed by atoms with van der Waals surface area (Å²) in [6, 6.07) is 25.1. The number of nitrogens with zero attached hydrogens (tertiary/aromatic N) is 1. The Morgan fingerprint density at radius 3 is 2.12 bits per heavy atom. The van der Waals surface area contributed by atoms with Gasteiger partial charge in [0.2, 0.25) is 0 Å². The highest BCUT2D eigenvalue weighted by molar-refractivity contribution is 6.12. The van der Waals surface area contributed by atoms with Crippen molar-refractivity contribution in [2.24, 2.45) is 0 Å². The summed E-state index contributed by atoms with van der Waals surface area (Å²) in [6.07, 6.45) is 0. The molecule has 0 bridgehead atoms. The Labute approximate surface area is 142 Å². The van der Waals surface area contributed by atoms with Crippen molar-refractivity contribution in [1.82, 2.24) is 0 Å². The van der Waals surface area contributed by atoms with E-state index in [1.165, 1.54) is 16.8 Å². The number of furan rings is 1. The van der Waals surface area contributed by atoms with Gasteiger partial charge < -0.3 is 9.32 Å². The fourth-order valence-electron chi connectivity index (χ4n) is 3.41. The first kappa shape index (κ1) is 14.8. The van der Waals surface area contributed by atoms with Gasteiger partial charge in [0.1, 0.15) is 11.2 Å². The van der Waals surface area contributed by atoms with Crippen LogP contribution in [0.25, 0.3) is 21.9 Å². The number of rotatable bonds is 2. The standard InChI is InChI=1S/C22H21NO/c1-22(2,3)23(16-10-5-4-6-11-16)18-13-9-15-20-21(18)17-12-7-8-14-19(17)24-20/h4-15H,1-3H3. The lowest BCUT2D eigenvalue weighted by Gasteiger charge is -2.38. The van der Waals surface area contributed by atoms with Crippen molar-refractivity contribution in [2.45, 2.75) is 26.3 Å². The van der Waals surface area contributed by atoms with Gasteiger partial charge in [0.25, 0.3) is 0 Å². The molecule has 2 heteroatoms. The zero-order valence-electron chi connectivity index (χ0n) is 14.3. The number of fused-ring (bicyclic) bond motifs is 3. The van der Waals surface area contributed by atoms with Crippen LogP contribution in [0.2, 0.25) is 0 Å². The van der Waals surface area contributed by atoms with E-state index in [0.717, 1.165) is 16.6 Å². The van der Waals surface area contributed by atoms with E-state index in [-0.39, 0.29) is 5.54 Å². The van der Waals surface area contributed by atoms with Gasteiger partial charge in [0, 0.05) is 16.6 Å². The van der Waals surface area contributed by atoms with E-state index in [9.17, 15) is 0 Å². The molecule has 24 heavy (non-hydrogen) atoms. The third-order valence-corrected chi connectivity index (χ3v) is 4.31. The van der Waals surface area contributed by atoms with Gasteiger partial charge in [-0.3, -0.25) is 0 Å². The van der Waals surface area contributed by atoms with Crippen molar-refractivity contribution in [3.63, 3.8) is 0 Å². The maximum absolute atomic E-state index is 6.07. The van der Waals surface area contributed by atoms with Gasteiger partial charge >= 0.3 is 0 Å². The van der Waals surface area contributed by atoms with Gasteiger partial charge in [-0.15, -0.1) is 0 Å². The maximum Gasteiger partial charge on any atom is 0.137 e. The Balaban J connectivity index is 2.06. The molecule has 3 aromatic carbocycles. The Morgan fingerprint density at radius 2 is 1.38 bits per heavy atom. The highest BCUT2D eigenvalue weighted by Gasteiger charge is 2.26. The van der Waals surface area contributed by atoms with Gasteiger partial charge in [0.05, 0.1) is 11.1 Å². The molecule has 0 N–H and O–H groups in total. The van der Waals surface area contributed by atoms with Gasteiger partial charge in [0.15, 0.2) is 0 Å². The predicted octanol–water partition coefficient (Wildman–Crippen LogP) is 6.52. The Bertz CT molecular complexity index is 993. The predicted molar refractivity (Wildman–Crippen MR) is 102 cm³/mol. The largest absolute Gasteiger partial charge is 0.456 e. The van der Waals surface area contributed by atoms with E-state index in [1.807, 2.05) is 18.2 Å². The maximum atomic E-state index is 6.07. The van der Waals surface area contributed by atoms with Gasteiger partial charge in [-0.1, -0.05) is 42.5 Å². The van der Waals surface area contributed by atoms with Crippen molar-refractivity contribution < 1.29 is 4.42 Å². The molecular formula is C22H21NO. The van der Waals surface area contributed by atoms with Crippen LogP contribution in [0.4, 0.5) is 11.4 Å². The molecule has 0 saturated carbocycles. The molecular weight excluding hydrogens is 294 g/mol. The summed E-state index contributed by atoms with van der Waals surface area (Å²) >= 11 is 0. The molecule has 4 rings (SSSR count). The van der Waals surface area contributed by atoms with Gasteiger partial charge in [-0.05, 0) is 51.1 Å². The van der Waals surface area contributed by atoms with E-state index in [2.05, 4.69) is 80.3 Å². The molecule has 0 radical (unpaired) electrons. The molecule has 0 aliphatic carbocycles. The summed E-state index contributed by atoms with van der Waals surface area (Å²) in [7, 11) is 0. The number of anilines is 2. The first-order valence-electron chi connectivity index (χ1n) is 8.31. The van der Waals surface area contributed by atoms with E-state index >= 15 is 0 Å². The lowest BCUT2D eigenvalue weighted by molar-refractivity contribution is 0.561. The second-order valence-electron chi connectivity index (χ2n) is 7.09. The Kier molecular flexibility index (Phi) is 3.34. The van der Waals surface area contributed by atoms with Crippen LogP contribution in [0.15, 0.2) is 77.2 Å². The molecule has 0 amide bonds. The Morgan fingerprint density at radius 1 is 0.708 bits per heavy atom. The second kappa shape index (κ2) is 5.41. The van der Waals surface area contributed by atoms with E-state index in [4.69, 9.17) is 4.42 Å². The quantitative estimate of drug-likeness (QED) is 0.418. The van der Waals surface area contributed by atoms with Crippen LogP contribution in [0.3, 0.4) is 0 Å². The summed E-state index contributed by atoms with van der Waals surface area (Å²) in [5.74, 6) is 0. The zero-order valence-corrected chi connectivity index (χ0v) is 14.3. The minimum absolute atomic E-state index is 0.0615. The minimum Gasteiger partial charge on any atom is -0.456 e. The molecule has 1 heterocycles. The molecule has 0 aliphatic heterocycles. The van der Waals surface area contributed by atoms with Crippen molar-refractivity contribution >= 4 is 33.3 Å². The average molecular weight is 315 g/mol.